The minimum Gasteiger partial charge on any atom is -0.389 e. The fraction of sp³-hybridized carbons (Fsp3) is 0.304. The second-order valence-corrected chi connectivity index (χ2v) is 8.30. The first kappa shape index (κ1) is 20.3. The van der Waals surface area contributed by atoms with Crippen LogP contribution in [0.5, 0.6) is 0 Å². The molecule has 164 valence electrons. The van der Waals surface area contributed by atoms with Crippen molar-refractivity contribution >= 4 is 28.5 Å². The summed E-state index contributed by atoms with van der Waals surface area (Å²) in [7, 11) is 0. The van der Waals surface area contributed by atoms with Crippen molar-refractivity contribution in [2.45, 2.75) is 32.9 Å². The summed E-state index contributed by atoms with van der Waals surface area (Å²) in [6, 6.07) is 9.58. The van der Waals surface area contributed by atoms with E-state index in [9.17, 15) is 9.50 Å². The largest absolute Gasteiger partial charge is 0.389 e. The molecule has 1 saturated heterocycles. The molecule has 0 amide bonds. The average Bonchev–Trinajstić information content (AvgIpc) is 3.08. The summed E-state index contributed by atoms with van der Waals surface area (Å²) in [5.41, 5.74) is 3.61. The fourth-order valence-electron chi connectivity index (χ4n) is 4.07. The van der Waals surface area contributed by atoms with Gasteiger partial charge in [-0.25, -0.2) is 24.3 Å². The van der Waals surface area contributed by atoms with E-state index in [0.717, 1.165) is 28.7 Å². The molecule has 4 heterocycles. The van der Waals surface area contributed by atoms with Gasteiger partial charge in [-0.2, -0.15) is 0 Å². The Bertz CT molecular complexity index is 1280. The van der Waals surface area contributed by atoms with Crippen LogP contribution < -0.4 is 10.2 Å². The summed E-state index contributed by atoms with van der Waals surface area (Å²) in [5.74, 6) is 1.23. The van der Waals surface area contributed by atoms with Crippen LogP contribution in [0.4, 0.5) is 21.8 Å². The van der Waals surface area contributed by atoms with Crippen LogP contribution in [0.1, 0.15) is 25.7 Å². The van der Waals surface area contributed by atoms with Crippen LogP contribution in [0.15, 0.2) is 42.7 Å². The summed E-state index contributed by atoms with van der Waals surface area (Å²) in [6.07, 6.45) is 2.61. The Labute approximate surface area is 184 Å². The Morgan fingerprint density at radius 3 is 2.59 bits per heavy atom. The lowest BCUT2D eigenvalue weighted by atomic mass is 10.1. The van der Waals surface area contributed by atoms with Crippen molar-refractivity contribution in [3.63, 3.8) is 0 Å². The minimum absolute atomic E-state index is 0.213. The van der Waals surface area contributed by atoms with Gasteiger partial charge in [-0.15, -0.1) is 0 Å². The number of nitrogens with one attached hydrogen (secondary N) is 1. The molecule has 1 fully saturated rings. The number of β-amino-alcohol motifs (C(OH)–C–C–N with tert-alkyl or cyclic N) is 1. The number of nitrogens with zero attached hydrogens (tertiary/aromatic N) is 6. The van der Waals surface area contributed by atoms with Crippen molar-refractivity contribution in [3.8, 4) is 11.3 Å². The number of hydrogen-bond acceptors (Lipinski definition) is 7. The second kappa shape index (κ2) is 7.83. The maximum atomic E-state index is 14.7. The predicted molar refractivity (Wildman–Crippen MR) is 122 cm³/mol. The highest BCUT2D eigenvalue weighted by Crippen LogP contribution is 2.28. The molecule has 0 spiro atoms. The zero-order valence-corrected chi connectivity index (χ0v) is 18.1. The van der Waals surface area contributed by atoms with E-state index in [2.05, 4.69) is 43.7 Å². The van der Waals surface area contributed by atoms with Gasteiger partial charge in [-0.05, 0) is 45.0 Å². The second-order valence-electron chi connectivity index (χ2n) is 8.30. The summed E-state index contributed by atoms with van der Waals surface area (Å²) in [6.45, 7) is 7.37. The standard InChI is InChI=1S/C23H24FN7O/c1-13(2)31-14(3)27-19-6-4-15(8-20(19)31)22-18(24)10-26-23(29-22)28-21-7-5-16(9-25-21)30-11-17(32)12-30/h4-10,13,17,32H,11-12H2,1-3H3,(H,25,26,28,29). The number of fused-ring (bicyclic) bond motifs is 1. The van der Waals surface area contributed by atoms with Crippen LogP contribution in [-0.2, 0) is 0 Å². The van der Waals surface area contributed by atoms with E-state index in [-0.39, 0.29) is 23.8 Å². The SMILES string of the molecule is Cc1nc2ccc(-c3nc(Nc4ccc(N5CC(O)C5)cn4)ncc3F)cc2n1C(C)C. The number of benzene rings is 1. The van der Waals surface area contributed by atoms with Crippen molar-refractivity contribution in [3.05, 3.63) is 54.4 Å². The normalized spacial score (nSPS) is 14.2. The summed E-state index contributed by atoms with van der Waals surface area (Å²) >= 11 is 0. The van der Waals surface area contributed by atoms with Gasteiger partial charge in [-0.1, -0.05) is 6.07 Å². The van der Waals surface area contributed by atoms with E-state index < -0.39 is 5.82 Å². The Kier molecular flexibility index (Phi) is 4.97. The molecule has 1 aromatic carbocycles. The highest BCUT2D eigenvalue weighted by atomic mass is 19.1. The van der Waals surface area contributed by atoms with Gasteiger partial charge in [0.2, 0.25) is 5.95 Å². The van der Waals surface area contributed by atoms with Gasteiger partial charge >= 0.3 is 0 Å². The Hall–Kier alpha value is -3.59. The number of aromatic nitrogens is 5. The minimum atomic E-state index is -0.498. The summed E-state index contributed by atoms with van der Waals surface area (Å²) in [4.78, 5) is 19.5. The Balaban J connectivity index is 1.43. The molecule has 3 aromatic heterocycles. The number of aliphatic hydroxyl groups is 1. The van der Waals surface area contributed by atoms with Crippen molar-refractivity contribution in [2.24, 2.45) is 0 Å². The highest BCUT2D eigenvalue weighted by molar-refractivity contribution is 5.82. The first-order valence-electron chi connectivity index (χ1n) is 10.6. The van der Waals surface area contributed by atoms with E-state index in [1.165, 1.54) is 0 Å². The molecular formula is C23H24FN7O. The van der Waals surface area contributed by atoms with E-state index in [1.807, 2.05) is 42.2 Å². The number of aryl methyl sites for hydroxylation is 1. The van der Waals surface area contributed by atoms with Gasteiger partial charge in [0, 0.05) is 24.7 Å². The molecule has 0 atom stereocenters. The number of imidazole rings is 1. The highest BCUT2D eigenvalue weighted by Gasteiger charge is 2.24. The van der Waals surface area contributed by atoms with E-state index in [0.29, 0.717) is 24.5 Å². The van der Waals surface area contributed by atoms with Crippen LogP contribution in [-0.4, -0.2) is 48.8 Å². The molecule has 1 aliphatic heterocycles. The molecular weight excluding hydrogens is 409 g/mol. The number of anilines is 3. The molecule has 1 aliphatic rings. The zero-order chi connectivity index (χ0) is 22.4. The maximum absolute atomic E-state index is 14.7. The Morgan fingerprint density at radius 2 is 1.91 bits per heavy atom. The summed E-state index contributed by atoms with van der Waals surface area (Å²) < 4.78 is 16.8. The summed E-state index contributed by atoms with van der Waals surface area (Å²) in [5, 5.41) is 12.5. The van der Waals surface area contributed by atoms with Crippen molar-refractivity contribution in [1.29, 1.82) is 0 Å². The predicted octanol–water partition coefficient (Wildman–Crippen LogP) is 3.84. The monoisotopic (exact) mass is 433 g/mol. The van der Waals surface area contributed by atoms with Gasteiger partial charge in [0.1, 0.15) is 17.3 Å². The lowest BCUT2D eigenvalue weighted by molar-refractivity contribution is 0.142. The maximum Gasteiger partial charge on any atom is 0.229 e. The molecule has 2 N–H and O–H groups in total. The van der Waals surface area contributed by atoms with Gasteiger partial charge in [-0.3, -0.25) is 0 Å². The lowest BCUT2D eigenvalue weighted by Crippen LogP contribution is -2.50. The first-order valence-corrected chi connectivity index (χ1v) is 10.6. The fourth-order valence-corrected chi connectivity index (χ4v) is 4.07. The molecule has 0 bridgehead atoms. The molecule has 9 heteroatoms. The molecule has 32 heavy (non-hydrogen) atoms. The van der Waals surface area contributed by atoms with E-state index in [4.69, 9.17) is 0 Å². The van der Waals surface area contributed by atoms with E-state index in [1.54, 1.807) is 6.20 Å². The smallest absolute Gasteiger partial charge is 0.229 e. The van der Waals surface area contributed by atoms with Crippen LogP contribution in [0.25, 0.3) is 22.3 Å². The third kappa shape index (κ3) is 3.64. The van der Waals surface area contributed by atoms with Gasteiger partial charge in [0.15, 0.2) is 5.82 Å². The van der Waals surface area contributed by atoms with Gasteiger partial charge in [0.25, 0.3) is 0 Å². The number of hydrogen-bond donors (Lipinski definition) is 2. The molecule has 5 rings (SSSR count). The number of rotatable bonds is 5. The quantitative estimate of drug-likeness (QED) is 0.494. The van der Waals surface area contributed by atoms with Gasteiger partial charge < -0.3 is 19.9 Å². The van der Waals surface area contributed by atoms with Crippen LogP contribution in [0, 0.1) is 12.7 Å². The van der Waals surface area contributed by atoms with Crippen LogP contribution >= 0.6 is 0 Å². The topological polar surface area (TPSA) is 92.0 Å². The number of aliphatic hydroxyl groups excluding tert-OH is 1. The zero-order valence-electron chi connectivity index (χ0n) is 18.1. The third-order valence-corrected chi connectivity index (χ3v) is 5.61. The average molecular weight is 433 g/mol. The molecule has 0 aliphatic carbocycles. The number of halogens is 1. The van der Waals surface area contributed by atoms with Crippen molar-refractivity contribution in [1.82, 2.24) is 24.5 Å². The van der Waals surface area contributed by atoms with Crippen LogP contribution in [0.3, 0.4) is 0 Å². The van der Waals surface area contributed by atoms with Crippen molar-refractivity contribution < 1.29 is 9.50 Å². The molecule has 0 saturated carbocycles. The molecule has 4 aromatic rings. The molecule has 8 nitrogen and oxygen atoms in total. The lowest BCUT2D eigenvalue weighted by Gasteiger charge is -2.37. The van der Waals surface area contributed by atoms with E-state index >= 15 is 0 Å². The third-order valence-electron chi connectivity index (χ3n) is 5.61. The van der Waals surface area contributed by atoms with Crippen molar-refractivity contribution in [2.75, 3.05) is 23.3 Å². The Morgan fingerprint density at radius 1 is 1.09 bits per heavy atom. The van der Waals surface area contributed by atoms with Crippen LogP contribution in [0.2, 0.25) is 0 Å². The molecule has 0 radical (unpaired) electrons. The molecule has 0 unspecified atom stereocenters. The first-order chi connectivity index (χ1) is 15.4. The van der Waals surface area contributed by atoms with Gasteiger partial charge in [0.05, 0.1) is 35.2 Å². The number of pyridine rings is 1.